The second-order valence-electron chi connectivity index (χ2n) is 16.4. The summed E-state index contributed by atoms with van der Waals surface area (Å²) in [5.74, 6) is 2.04. The first-order chi connectivity index (χ1) is 29.5. The third-order valence-corrected chi connectivity index (χ3v) is 12.6. The van der Waals surface area contributed by atoms with Gasteiger partial charge in [0.05, 0.1) is 27.8 Å². The molecule has 8 aromatic carbocycles. The Morgan fingerprint density at radius 2 is 0.950 bits per heavy atom. The van der Waals surface area contributed by atoms with Gasteiger partial charge in [0.15, 0.2) is 11.6 Å². The Hall–Kier alpha value is -7.63. The van der Waals surface area contributed by atoms with Crippen LogP contribution in [0.3, 0.4) is 0 Å². The predicted octanol–water partition coefficient (Wildman–Crippen LogP) is 13.3. The van der Waals surface area contributed by atoms with Crippen LogP contribution in [0.1, 0.15) is 36.4 Å². The highest BCUT2D eigenvalue weighted by Gasteiger charge is 2.36. The van der Waals surface area contributed by atoms with Gasteiger partial charge in [0.1, 0.15) is 5.82 Å². The lowest BCUT2D eigenvalue weighted by Crippen LogP contribution is -2.15. The van der Waals surface area contributed by atoms with Gasteiger partial charge in [-0.3, -0.25) is 0 Å². The molecular weight excluding hydrogens is 731 g/mol. The molecule has 284 valence electrons. The van der Waals surface area contributed by atoms with Crippen molar-refractivity contribution in [3.8, 4) is 45.3 Å². The average molecular weight is 770 g/mol. The van der Waals surface area contributed by atoms with Gasteiger partial charge in [-0.05, 0) is 70.3 Å². The van der Waals surface area contributed by atoms with Gasteiger partial charge in [0, 0.05) is 50.2 Å². The minimum Gasteiger partial charge on any atom is -0.309 e. The summed E-state index contributed by atoms with van der Waals surface area (Å²) in [6, 6.07) is 67.5. The Labute approximate surface area is 347 Å². The van der Waals surface area contributed by atoms with Crippen molar-refractivity contribution in [2.45, 2.75) is 25.7 Å². The number of nitrogens with zero attached hydrogens (tertiary/aromatic N) is 5. The van der Waals surface area contributed by atoms with Crippen molar-refractivity contribution in [2.75, 3.05) is 0 Å². The SMILES string of the molecule is CC1(C)c2ccccc2-c2cc3c4ccccc4n(-c4ccc(Cc5nc(-c6ccccc6)nc(-c6ccccc6)n5)c(-n5c6ccccc6c6ccccc65)c4)c3cc21. The molecule has 0 amide bonds. The van der Waals surface area contributed by atoms with Crippen LogP contribution in [0.15, 0.2) is 188 Å². The number of aromatic nitrogens is 5. The van der Waals surface area contributed by atoms with E-state index in [1.807, 2.05) is 36.4 Å². The molecular formula is C55H39N5. The largest absolute Gasteiger partial charge is 0.309 e. The molecule has 0 fully saturated rings. The van der Waals surface area contributed by atoms with E-state index < -0.39 is 0 Å². The summed E-state index contributed by atoms with van der Waals surface area (Å²) in [6.07, 6.45) is 0.506. The van der Waals surface area contributed by atoms with Crippen LogP contribution in [0, 0.1) is 0 Å². The molecule has 0 bridgehead atoms. The summed E-state index contributed by atoms with van der Waals surface area (Å²) in [5.41, 5.74) is 15.2. The normalized spacial score (nSPS) is 13.0. The van der Waals surface area contributed by atoms with Crippen molar-refractivity contribution in [1.82, 2.24) is 24.1 Å². The molecule has 0 saturated carbocycles. The summed E-state index contributed by atoms with van der Waals surface area (Å²) in [4.78, 5) is 15.3. The summed E-state index contributed by atoms with van der Waals surface area (Å²) < 4.78 is 4.90. The van der Waals surface area contributed by atoms with Crippen molar-refractivity contribution < 1.29 is 0 Å². The molecule has 5 nitrogen and oxygen atoms in total. The van der Waals surface area contributed by atoms with E-state index in [0.29, 0.717) is 23.9 Å². The van der Waals surface area contributed by atoms with Crippen LogP contribution >= 0.6 is 0 Å². The molecule has 0 atom stereocenters. The molecule has 0 spiro atoms. The Bertz CT molecular complexity index is 3370. The molecule has 3 heterocycles. The molecule has 1 aliphatic rings. The third kappa shape index (κ3) is 5.22. The Kier molecular flexibility index (Phi) is 7.57. The van der Waals surface area contributed by atoms with Crippen LogP contribution in [0.25, 0.3) is 88.9 Å². The number of hydrogen-bond acceptors (Lipinski definition) is 3. The maximum Gasteiger partial charge on any atom is 0.163 e. The van der Waals surface area contributed by atoms with E-state index >= 15 is 0 Å². The van der Waals surface area contributed by atoms with Crippen molar-refractivity contribution in [2.24, 2.45) is 0 Å². The summed E-state index contributed by atoms with van der Waals surface area (Å²) in [5, 5.41) is 4.94. The first-order valence-corrected chi connectivity index (χ1v) is 20.7. The maximum atomic E-state index is 5.15. The fourth-order valence-electron chi connectivity index (χ4n) is 9.77. The lowest BCUT2D eigenvalue weighted by Gasteiger charge is -2.22. The van der Waals surface area contributed by atoms with Crippen LogP contribution in [-0.2, 0) is 11.8 Å². The minimum absolute atomic E-state index is 0.124. The topological polar surface area (TPSA) is 48.5 Å². The molecule has 11 aromatic rings. The lowest BCUT2D eigenvalue weighted by molar-refractivity contribution is 0.661. The molecule has 3 aromatic heterocycles. The second kappa shape index (κ2) is 13.2. The second-order valence-corrected chi connectivity index (χ2v) is 16.4. The minimum atomic E-state index is -0.124. The van der Waals surface area contributed by atoms with Crippen LogP contribution in [0.5, 0.6) is 0 Å². The van der Waals surface area contributed by atoms with Crippen LogP contribution in [0.4, 0.5) is 0 Å². The predicted molar refractivity (Wildman–Crippen MR) is 246 cm³/mol. The first kappa shape index (κ1) is 34.4. The van der Waals surface area contributed by atoms with Crippen molar-refractivity contribution in [1.29, 1.82) is 0 Å². The number of rotatable bonds is 6. The smallest absolute Gasteiger partial charge is 0.163 e. The summed E-state index contributed by atoms with van der Waals surface area (Å²) >= 11 is 0. The monoisotopic (exact) mass is 769 g/mol. The van der Waals surface area contributed by atoms with E-state index in [1.165, 1.54) is 54.8 Å². The molecule has 5 heteroatoms. The van der Waals surface area contributed by atoms with Gasteiger partial charge >= 0.3 is 0 Å². The number of hydrogen-bond donors (Lipinski definition) is 0. The fraction of sp³-hybridized carbons (Fsp3) is 0.0727. The Balaban J connectivity index is 1.11. The molecule has 0 N–H and O–H groups in total. The Morgan fingerprint density at radius 1 is 0.417 bits per heavy atom. The number of benzene rings is 8. The highest BCUT2D eigenvalue weighted by molar-refractivity contribution is 6.12. The van der Waals surface area contributed by atoms with E-state index in [9.17, 15) is 0 Å². The molecule has 60 heavy (non-hydrogen) atoms. The van der Waals surface area contributed by atoms with Crippen LogP contribution < -0.4 is 0 Å². The van der Waals surface area contributed by atoms with Gasteiger partial charge in [-0.1, -0.05) is 159 Å². The van der Waals surface area contributed by atoms with Gasteiger partial charge in [-0.15, -0.1) is 0 Å². The van der Waals surface area contributed by atoms with Gasteiger partial charge < -0.3 is 9.13 Å². The quantitative estimate of drug-likeness (QED) is 0.169. The molecule has 0 saturated heterocycles. The van der Waals surface area contributed by atoms with E-state index in [4.69, 9.17) is 15.0 Å². The maximum absolute atomic E-state index is 5.15. The van der Waals surface area contributed by atoms with Crippen LogP contribution in [0.2, 0.25) is 0 Å². The molecule has 0 unspecified atom stereocenters. The third-order valence-electron chi connectivity index (χ3n) is 12.6. The van der Waals surface area contributed by atoms with E-state index in [-0.39, 0.29) is 5.41 Å². The van der Waals surface area contributed by atoms with Gasteiger partial charge in [0.25, 0.3) is 0 Å². The highest BCUT2D eigenvalue weighted by atomic mass is 15.0. The zero-order valence-electron chi connectivity index (χ0n) is 33.3. The van der Waals surface area contributed by atoms with Crippen LogP contribution in [-0.4, -0.2) is 24.1 Å². The summed E-state index contributed by atoms with van der Waals surface area (Å²) in [6.45, 7) is 4.72. The molecule has 1 aliphatic carbocycles. The van der Waals surface area contributed by atoms with Gasteiger partial charge in [-0.2, -0.15) is 0 Å². The zero-order chi connectivity index (χ0) is 40.0. The number of para-hydroxylation sites is 3. The molecule has 0 aliphatic heterocycles. The lowest BCUT2D eigenvalue weighted by atomic mass is 9.82. The fourth-order valence-corrected chi connectivity index (χ4v) is 9.77. The average Bonchev–Trinajstić information content (AvgIpc) is 3.89. The van der Waals surface area contributed by atoms with E-state index in [0.717, 1.165) is 39.1 Å². The van der Waals surface area contributed by atoms with E-state index in [2.05, 4.69) is 175 Å². The Morgan fingerprint density at radius 3 is 1.58 bits per heavy atom. The molecule has 12 rings (SSSR count). The highest BCUT2D eigenvalue weighted by Crippen LogP contribution is 2.51. The van der Waals surface area contributed by atoms with Gasteiger partial charge in [-0.25, -0.2) is 15.0 Å². The van der Waals surface area contributed by atoms with Crippen molar-refractivity contribution >= 4 is 43.6 Å². The van der Waals surface area contributed by atoms with E-state index in [1.54, 1.807) is 0 Å². The van der Waals surface area contributed by atoms with Crippen molar-refractivity contribution in [3.63, 3.8) is 0 Å². The zero-order valence-corrected chi connectivity index (χ0v) is 33.3. The number of fused-ring (bicyclic) bond motifs is 9. The standard InChI is InChI=1S/C55H39N5/c1-55(2)45-25-13-9-21-39(45)43-33-44-42-24-12-14-26-47(42)59(51(44)34-46(43)55)38-30-29-37(50(32-38)60-48-27-15-10-22-40(48)41-23-11-16-28-49(41)60)31-52-56-53(35-17-5-3-6-18-35)58-54(57-52)36-19-7-4-8-20-36/h3-30,32-34H,31H2,1-2H3. The van der Waals surface area contributed by atoms with Gasteiger partial charge in [0.2, 0.25) is 0 Å². The van der Waals surface area contributed by atoms with Crippen molar-refractivity contribution in [3.05, 3.63) is 211 Å². The molecule has 0 radical (unpaired) electrons. The summed E-state index contributed by atoms with van der Waals surface area (Å²) in [7, 11) is 0. The first-order valence-electron chi connectivity index (χ1n) is 20.7.